The van der Waals surface area contributed by atoms with E-state index < -0.39 is 0 Å². The van der Waals surface area contributed by atoms with Crippen LogP contribution < -0.4 is 10.1 Å². The average Bonchev–Trinajstić information content (AvgIpc) is 2.36. The van der Waals surface area contributed by atoms with Gasteiger partial charge in [0.25, 0.3) is 0 Å². The molecule has 1 rings (SSSR count). The van der Waals surface area contributed by atoms with Crippen molar-refractivity contribution in [3.05, 3.63) is 30.1 Å². The van der Waals surface area contributed by atoms with Crippen LogP contribution in [0.3, 0.4) is 0 Å². The van der Waals surface area contributed by atoms with E-state index >= 15 is 0 Å². The van der Waals surface area contributed by atoms with Gasteiger partial charge in [-0.1, -0.05) is 12.1 Å². The lowest BCUT2D eigenvalue weighted by Crippen LogP contribution is -2.24. The molecule has 0 fully saturated rings. The van der Waals surface area contributed by atoms with E-state index in [4.69, 9.17) is 9.47 Å². The first-order valence-corrected chi connectivity index (χ1v) is 5.97. The molecule has 0 bridgehead atoms. The number of carbonyl (C=O) groups is 1. The lowest BCUT2D eigenvalue weighted by molar-refractivity contribution is -0.142. The van der Waals surface area contributed by atoms with E-state index in [-0.39, 0.29) is 17.5 Å². The van der Waals surface area contributed by atoms with Gasteiger partial charge in [0, 0.05) is 13.1 Å². The van der Waals surface area contributed by atoms with Crippen molar-refractivity contribution in [2.75, 3.05) is 26.3 Å². The minimum absolute atomic E-state index is 0.222. The van der Waals surface area contributed by atoms with E-state index in [1.54, 1.807) is 25.1 Å². The minimum Gasteiger partial charge on any atom is -0.489 e. The molecule has 100 valence electrons. The number of ether oxygens (including phenoxy) is 2. The van der Waals surface area contributed by atoms with E-state index in [2.05, 4.69) is 5.32 Å². The Kier molecular flexibility index (Phi) is 6.79. The van der Waals surface area contributed by atoms with Crippen molar-refractivity contribution in [2.24, 2.45) is 0 Å². The largest absolute Gasteiger partial charge is 0.489 e. The topological polar surface area (TPSA) is 47.6 Å². The van der Waals surface area contributed by atoms with Gasteiger partial charge < -0.3 is 14.8 Å². The number of hydrogen-bond acceptors (Lipinski definition) is 4. The first-order valence-electron chi connectivity index (χ1n) is 5.97. The summed E-state index contributed by atoms with van der Waals surface area (Å²) in [5.41, 5.74) is 0. The second kappa shape index (κ2) is 8.47. The predicted octanol–water partition coefficient (Wildman–Crippen LogP) is 1.75. The molecule has 0 saturated carbocycles. The van der Waals surface area contributed by atoms with E-state index in [1.807, 2.05) is 0 Å². The quantitative estimate of drug-likeness (QED) is 0.568. The SMILES string of the molecule is CCOC(=O)CCNCCOc1ccccc1F. The van der Waals surface area contributed by atoms with Crippen molar-refractivity contribution in [1.29, 1.82) is 0 Å². The van der Waals surface area contributed by atoms with Crippen molar-refractivity contribution in [3.8, 4) is 5.75 Å². The summed E-state index contributed by atoms with van der Waals surface area (Å²) in [6, 6.07) is 6.25. The number of carbonyl (C=O) groups excluding carboxylic acids is 1. The van der Waals surface area contributed by atoms with Gasteiger partial charge in [-0.3, -0.25) is 4.79 Å². The summed E-state index contributed by atoms with van der Waals surface area (Å²) in [5, 5.41) is 3.02. The molecule has 0 amide bonds. The molecule has 18 heavy (non-hydrogen) atoms. The highest BCUT2D eigenvalue weighted by molar-refractivity contribution is 5.69. The molecule has 5 heteroatoms. The molecule has 4 nitrogen and oxygen atoms in total. The summed E-state index contributed by atoms with van der Waals surface area (Å²) < 4.78 is 23.2. The lowest BCUT2D eigenvalue weighted by Gasteiger charge is -2.08. The predicted molar refractivity (Wildman–Crippen MR) is 66.0 cm³/mol. The Hall–Kier alpha value is -1.62. The van der Waals surface area contributed by atoms with Gasteiger partial charge in [0.2, 0.25) is 0 Å². The maximum Gasteiger partial charge on any atom is 0.307 e. The Morgan fingerprint density at radius 1 is 1.33 bits per heavy atom. The van der Waals surface area contributed by atoms with Crippen LogP contribution in [0.2, 0.25) is 0 Å². The zero-order valence-corrected chi connectivity index (χ0v) is 10.4. The van der Waals surface area contributed by atoms with Crippen LogP contribution in [0.25, 0.3) is 0 Å². The van der Waals surface area contributed by atoms with Gasteiger partial charge in [0.15, 0.2) is 11.6 Å². The normalized spacial score (nSPS) is 10.1. The Balaban J connectivity index is 2.06. The van der Waals surface area contributed by atoms with Crippen LogP contribution in [-0.2, 0) is 9.53 Å². The summed E-state index contributed by atoms with van der Waals surface area (Å²) in [7, 11) is 0. The molecular formula is C13H18FNO3. The molecule has 0 unspecified atom stereocenters. The molecule has 0 aliphatic heterocycles. The fourth-order valence-electron chi connectivity index (χ4n) is 1.34. The molecule has 0 atom stereocenters. The summed E-state index contributed by atoms with van der Waals surface area (Å²) >= 11 is 0. The van der Waals surface area contributed by atoms with Gasteiger partial charge in [0.1, 0.15) is 6.61 Å². The maximum absolute atomic E-state index is 13.1. The molecule has 0 aliphatic rings. The number of benzene rings is 1. The van der Waals surface area contributed by atoms with Gasteiger partial charge in [-0.2, -0.15) is 0 Å². The number of nitrogens with one attached hydrogen (secondary N) is 1. The van der Waals surface area contributed by atoms with Gasteiger partial charge in [-0.15, -0.1) is 0 Å². The zero-order valence-electron chi connectivity index (χ0n) is 10.4. The molecule has 0 radical (unpaired) electrons. The van der Waals surface area contributed by atoms with Crippen molar-refractivity contribution < 1.29 is 18.7 Å². The molecule has 1 aromatic rings. The monoisotopic (exact) mass is 255 g/mol. The third-order valence-electron chi connectivity index (χ3n) is 2.18. The first-order chi connectivity index (χ1) is 8.74. The Morgan fingerprint density at radius 3 is 2.83 bits per heavy atom. The van der Waals surface area contributed by atoms with E-state index in [9.17, 15) is 9.18 Å². The number of para-hydroxylation sites is 1. The third-order valence-corrected chi connectivity index (χ3v) is 2.18. The zero-order chi connectivity index (χ0) is 13.2. The fourth-order valence-corrected chi connectivity index (χ4v) is 1.34. The smallest absolute Gasteiger partial charge is 0.307 e. The van der Waals surface area contributed by atoms with Gasteiger partial charge in [-0.05, 0) is 19.1 Å². The van der Waals surface area contributed by atoms with Crippen molar-refractivity contribution >= 4 is 5.97 Å². The molecular weight excluding hydrogens is 237 g/mol. The van der Waals surface area contributed by atoms with Crippen LogP contribution in [-0.4, -0.2) is 32.3 Å². The molecule has 1 aromatic carbocycles. The molecule has 0 spiro atoms. The maximum atomic E-state index is 13.1. The van der Waals surface area contributed by atoms with E-state index in [1.165, 1.54) is 6.07 Å². The Morgan fingerprint density at radius 2 is 2.11 bits per heavy atom. The summed E-state index contributed by atoms with van der Waals surface area (Å²) in [6.45, 7) is 3.60. The molecule has 0 heterocycles. The highest BCUT2D eigenvalue weighted by Crippen LogP contribution is 2.14. The summed E-state index contributed by atoms with van der Waals surface area (Å²) in [5.74, 6) is -0.353. The minimum atomic E-state index is -0.371. The Labute approximate surface area is 106 Å². The number of rotatable bonds is 8. The highest BCUT2D eigenvalue weighted by Gasteiger charge is 2.02. The second-order valence-corrected chi connectivity index (χ2v) is 3.58. The van der Waals surface area contributed by atoms with E-state index in [0.29, 0.717) is 32.7 Å². The standard InChI is InChI=1S/C13H18FNO3/c1-2-17-13(16)7-8-15-9-10-18-12-6-4-3-5-11(12)14/h3-6,15H,2,7-10H2,1H3. The van der Waals surface area contributed by atoms with Gasteiger partial charge >= 0.3 is 5.97 Å². The van der Waals surface area contributed by atoms with Crippen LogP contribution in [0.5, 0.6) is 5.75 Å². The van der Waals surface area contributed by atoms with E-state index in [0.717, 1.165) is 0 Å². The number of halogens is 1. The number of esters is 1. The summed E-state index contributed by atoms with van der Waals surface area (Å²) in [6.07, 6.45) is 0.327. The molecule has 0 saturated heterocycles. The third kappa shape index (κ3) is 5.63. The molecule has 0 aromatic heterocycles. The average molecular weight is 255 g/mol. The van der Waals surface area contributed by atoms with Crippen LogP contribution in [0.1, 0.15) is 13.3 Å². The van der Waals surface area contributed by atoms with Crippen LogP contribution in [0.15, 0.2) is 24.3 Å². The van der Waals surface area contributed by atoms with Crippen molar-refractivity contribution in [2.45, 2.75) is 13.3 Å². The number of hydrogen-bond donors (Lipinski definition) is 1. The van der Waals surface area contributed by atoms with Crippen LogP contribution in [0, 0.1) is 5.82 Å². The first kappa shape index (κ1) is 14.4. The molecule has 1 N–H and O–H groups in total. The Bertz CT molecular complexity index is 371. The van der Waals surface area contributed by atoms with Crippen molar-refractivity contribution in [3.63, 3.8) is 0 Å². The van der Waals surface area contributed by atoms with Gasteiger partial charge in [-0.25, -0.2) is 4.39 Å². The lowest BCUT2D eigenvalue weighted by atomic mass is 10.3. The highest BCUT2D eigenvalue weighted by atomic mass is 19.1. The fraction of sp³-hybridized carbons (Fsp3) is 0.462. The second-order valence-electron chi connectivity index (χ2n) is 3.58. The van der Waals surface area contributed by atoms with Crippen molar-refractivity contribution in [1.82, 2.24) is 5.32 Å². The van der Waals surface area contributed by atoms with Crippen LogP contribution >= 0.6 is 0 Å². The molecule has 0 aliphatic carbocycles. The van der Waals surface area contributed by atoms with Gasteiger partial charge in [0.05, 0.1) is 13.0 Å². The summed E-state index contributed by atoms with van der Waals surface area (Å²) in [4.78, 5) is 11.0. The van der Waals surface area contributed by atoms with Crippen LogP contribution in [0.4, 0.5) is 4.39 Å².